The van der Waals surface area contributed by atoms with Crippen LogP contribution in [0.3, 0.4) is 0 Å². The van der Waals surface area contributed by atoms with Gasteiger partial charge in [-0.2, -0.15) is 0 Å². The summed E-state index contributed by atoms with van der Waals surface area (Å²) >= 11 is 6.40. The largest absolute Gasteiger partial charge is 0.497 e. The number of imide groups is 1. The molecule has 0 aromatic heterocycles. The highest BCUT2D eigenvalue weighted by molar-refractivity contribution is 8.18. The highest BCUT2D eigenvalue weighted by atomic mass is 35.5. The van der Waals surface area contributed by atoms with Crippen molar-refractivity contribution in [2.45, 2.75) is 0 Å². The topological polar surface area (TPSA) is 84.9 Å². The third-order valence-electron chi connectivity index (χ3n) is 4.11. The molecule has 1 heterocycles. The van der Waals surface area contributed by atoms with Crippen molar-refractivity contribution in [2.24, 2.45) is 0 Å². The summed E-state index contributed by atoms with van der Waals surface area (Å²) in [6.45, 7) is -0.489. The Labute approximate surface area is 180 Å². The van der Waals surface area contributed by atoms with Crippen LogP contribution >= 0.6 is 23.4 Å². The van der Waals surface area contributed by atoms with Gasteiger partial charge in [0.25, 0.3) is 11.1 Å². The molecule has 1 aliphatic heterocycles. The van der Waals surface area contributed by atoms with Crippen molar-refractivity contribution in [3.63, 3.8) is 0 Å². The van der Waals surface area contributed by atoms with Crippen molar-refractivity contribution < 1.29 is 28.2 Å². The van der Waals surface area contributed by atoms with Crippen molar-refractivity contribution >= 4 is 52.2 Å². The first-order valence-corrected chi connectivity index (χ1v) is 9.74. The molecule has 1 aliphatic rings. The molecule has 1 N–H and O–H groups in total. The predicted molar refractivity (Wildman–Crippen MR) is 112 cm³/mol. The van der Waals surface area contributed by atoms with E-state index in [1.54, 1.807) is 18.2 Å². The number of carbonyl (C=O) groups excluding carboxylic acids is 3. The van der Waals surface area contributed by atoms with E-state index in [9.17, 15) is 18.8 Å². The van der Waals surface area contributed by atoms with Crippen LogP contribution in [0, 0.1) is 5.82 Å². The van der Waals surface area contributed by atoms with Crippen LogP contribution < -0.4 is 14.8 Å². The van der Waals surface area contributed by atoms with Crippen LogP contribution in [0.4, 0.5) is 14.9 Å². The van der Waals surface area contributed by atoms with Crippen molar-refractivity contribution in [3.05, 3.63) is 57.7 Å². The second-order valence-electron chi connectivity index (χ2n) is 6.05. The lowest BCUT2D eigenvalue weighted by Gasteiger charge is -2.12. The van der Waals surface area contributed by atoms with Crippen LogP contribution in [0.2, 0.25) is 5.02 Å². The fourth-order valence-corrected chi connectivity index (χ4v) is 3.64. The molecule has 3 amide bonds. The summed E-state index contributed by atoms with van der Waals surface area (Å²) in [5.41, 5.74) is 0.825. The first-order valence-electron chi connectivity index (χ1n) is 8.54. The van der Waals surface area contributed by atoms with E-state index in [2.05, 4.69) is 5.32 Å². The van der Waals surface area contributed by atoms with Gasteiger partial charge in [0, 0.05) is 17.3 Å². The van der Waals surface area contributed by atoms with Crippen LogP contribution in [0.1, 0.15) is 5.56 Å². The first kappa shape index (κ1) is 21.7. The van der Waals surface area contributed by atoms with Gasteiger partial charge in [-0.1, -0.05) is 11.6 Å². The Hall–Kier alpha value is -3.04. The molecule has 0 radical (unpaired) electrons. The van der Waals surface area contributed by atoms with Gasteiger partial charge in [0.1, 0.15) is 23.9 Å². The van der Waals surface area contributed by atoms with Gasteiger partial charge in [0.2, 0.25) is 5.91 Å². The summed E-state index contributed by atoms with van der Waals surface area (Å²) in [7, 11) is 2.99. The summed E-state index contributed by atoms with van der Waals surface area (Å²) < 4.78 is 23.6. The minimum atomic E-state index is -0.625. The number of carbonyl (C=O) groups is 3. The second-order valence-corrected chi connectivity index (χ2v) is 7.45. The fourth-order valence-electron chi connectivity index (χ4n) is 2.63. The molecule has 156 valence electrons. The van der Waals surface area contributed by atoms with Crippen molar-refractivity contribution in [3.8, 4) is 11.5 Å². The number of nitrogens with zero attached hydrogens (tertiary/aromatic N) is 1. The number of ether oxygens (including phenoxy) is 2. The Morgan fingerprint density at radius 1 is 1.20 bits per heavy atom. The maximum atomic E-state index is 13.2. The monoisotopic (exact) mass is 450 g/mol. The highest BCUT2D eigenvalue weighted by Gasteiger charge is 2.36. The molecule has 10 heteroatoms. The Morgan fingerprint density at radius 2 is 1.97 bits per heavy atom. The Morgan fingerprint density at radius 3 is 2.63 bits per heavy atom. The number of amides is 3. The summed E-state index contributed by atoms with van der Waals surface area (Å²) in [6.07, 6.45) is 1.51. The van der Waals surface area contributed by atoms with E-state index in [-0.39, 0.29) is 15.6 Å². The van der Waals surface area contributed by atoms with Crippen LogP contribution in [0.15, 0.2) is 41.3 Å². The van der Waals surface area contributed by atoms with E-state index in [1.807, 2.05) is 0 Å². The smallest absolute Gasteiger partial charge is 0.294 e. The van der Waals surface area contributed by atoms with Gasteiger partial charge in [-0.15, -0.1) is 0 Å². The molecule has 0 atom stereocenters. The molecule has 0 saturated carbocycles. The molecule has 2 aromatic carbocycles. The van der Waals surface area contributed by atoms with Crippen LogP contribution in [0.5, 0.6) is 11.5 Å². The normalized spacial score (nSPS) is 14.9. The number of hydrogen-bond donors (Lipinski definition) is 1. The van der Waals surface area contributed by atoms with Gasteiger partial charge < -0.3 is 14.8 Å². The average Bonchev–Trinajstić information content (AvgIpc) is 2.98. The van der Waals surface area contributed by atoms with Crippen molar-refractivity contribution in [1.29, 1.82) is 0 Å². The number of anilines is 1. The molecule has 1 saturated heterocycles. The fraction of sp³-hybridized carbons (Fsp3) is 0.150. The van der Waals surface area contributed by atoms with E-state index in [4.69, 9.17) is 21.1 Å². The molecule has 2 aromatic rings. The lowest BCUT2D eigenvalue weighted by molar-refractivity contribution is -0.127. The van der Waals surface area contributed by atoms with Gasteiger partial charge in [0.05, 0.1) is 24.1 Å². The number of halogens is 2. The van der Waals surface area contributed by atoms with E-state index in [0.29, 0.717) is 17.1 Å². The number of thioether (sulfide) groups is 1. The van der Waals surface area contributed by atoms with Gasteiger partial charge in [-0.25, -0.2) is 4.39 Å². The Balaban J connectivity index is 1.73. The minimum Gasteiger partial charge on any atom is -0.497 e. The van der Waals surface area contributed by atoms with E-state index in [0.717, 1.165) is 22.7 Å². The predicted octanol–water partition coefficient (Wildman–Crippen LogP) is 4.17. The zero-order valence-electron chi connectivity index (χ0n) is 15.9. The first-order chi connectivity index (χ1) is 14.3. The zero-order chi connectivity index (χ0) is 21.8. The lowest BCUT2D eigenvalue weighted by atomic mass is 10.1. The summed E-state index contributed by atoms with van der Waals surface area (Å²) in [5, 5.41) is 1.74. The highest BCUT2D eigenvalue weighted by Crippen LogP contribution is 2.35. The number of rotatable bonds is 6. The standard InChI is InChI=1S/C20H16ClFN2O5S/c1-28-13-5-3-11(16(9-13)29-2)7-17-19(26)24(20(27)30-17)10-18(25)23-12-4-6-15(22)14(21)8-12/h3-9H,10H2,1-2H3,(H,23,25)/b17-7+. The molecule has 0 unspecified atom stereocenters. The third kappa shape index (κ3) is 4.74. The molecule has 3 rings (SSSR count). The molecule has 0 spiro atoms. The quantitative estimate of drug-likeness (QED) is 0.665. The molecular weight excluding hydrogens is 435 g/mol. The van der Waals surface area contributed by atoms with E-state index in [1.165, 1.54) is 32.4 Å². The van der Waals surface area contributed by atoms with Gasteiger partial charge in [0.15, 0.2) is 0 Å². The van der Waals surface area contributed by atoms with Crippen LogP contribution in [-0.2, 0) is 9.59 Å². The van der Waals surface area contributed by atoms with Crippen LogP contribution in [0.25, 0.3) is 6.08 Å². The second kappa shape index (κ2) is 9.19. The van der Waals surface area contributed by atoms with Crippen molar-refractivity contribution in [2.75, 3.05) is 26.1 Å². The Kier molecular flexibility index (Phi) is 6.63. The van der Waals surface area contributed by atoms with Crippen molar-refractivity contribution in [1.82, 2.24) is 4.90 Å². The SMILES string of the molecule is COc1ccc(/C=C2/SC(=O)N(CC(=O)Nc3ccc(F)c(Cl)c3)C2=O)c(OC)c1. The molecule has 0 bridgehead atoms. The maximum Gasteiger partial charge on any atom is 0.294 e. The number of methoxy groups -OCH3 is 2. The molecule has 1 fully saturated rings. The summed E-state index contributed by atoms with van der Waals surface area (Å²) in [4.78, 5) is 38.1. The van der Waals surface area contributed by atoms with Gasteiger partial charge >= 0.3 is 0 Å². The molecular formula is C20H16ClFN2O5S. The number of benzene rings is 2. The van der Waals surface area contributed by atoms with E-state index >= 15 is 0 Å². The average molecular weight is 451 g/mol. The molecule has 7 nitrogen and oxygen atoms in total. The zero-order valence-corrected chi connectivity index (χ0v) is 17.5. The van der Waals surface area contributed by atoms with Gasteiger partial charge in [-0.05, 0) is 48.2 Å². The van der Waals surface area contributed by atoms with Crippen LogP contribution in [-0.4, -0.2) is 42.7 Å². The van der Waals surface area contributed by atoms with Gasteiger partial charge in [-0.3, -0.25) is 19.3 Å². The number of hydrogen-bond acceptors (Lipinski definition) is 6. The Bertz CT molecular complexity index is 1060. The molecule has 0 aliphatic carbocycles. The maximum absolute atomic E-state index is 13.2. The third-order valence-corrected chi connectivity index (χ3v) is 5.30. The summed E-state index contributed by atoms with van der Waals surface area (Å²) in [5.74, 6) is -0.806. The number of nitrogens with one attached hydrogen (secondary N) is 1. The lowest BCUT2D eigenvalue weighted by Crippen LogP contribution is -2.36. The molecule has 30 heavy (non-hydrogen) atoms. The summed E-state index contributed by atoms with van der Waals surface area (Å²) in [6, 6.07) is 8.69. The minimum absolute atomic E-state index is 0.154. The van der Waals surface area contributed by atoms with E-state index < -0.39 is 29.4 Å².